The predicted octanol–water partition coefficient (Wildman–Crippen LogP) is 5.13. The highest BCUT2D eigenvalue weighted by molar-refractivity contribution is 7.80. The minimum absolute atomic E-state index is 0.0934. The molecule has 8 nitrogen and oxygen atoms in total. The van der Waals surface area contributed by atoms with Gasteiger partial charge in [0.25, 0.3) is 5.91 Å². The Morgan fingerprint density at radius 1 is 1.02 bits per heavy atom. The van der Waals surface area contributed by atoms with Crippen LogP contribution in [0, 0.1) is 5.92 Å². The molecule has 5 N–H and O–H groups in total. The summed E-state index contributed by atoms with van der Waals surface area (Å²) in [4.78, 5) is 34.6. The van der Waals surface area contributed by atoms with Gasteiger partial charge in [-0.25, -0.2) is 9.59 Å². The number of alkyl halides is 3. The SMILES string of the molecule is COC(=O)C(CC(C)C)NC(=O)c1ccc(NC[C@@H](N)CS)cc1-c1cccc2ccccc12.O=C(O)C(F)(F)F. The van der Waals surface area contributed by atoms with Crippen molar-refractivity contribution in [3.05, 3.63) is 66.2 Å². The molecule has 0 saturated heterocycles. The van der Waals surface area contributed by atoms with Crippen molar-refractivity contribution in [2.75, 3.05) is 24.7 Å². The lowest BCUT2D eigenvalue weighted by molar-refractivity contribution is -0.192. The molecule has 3 aromatic rings. The summed E-state index contributed by atoms with van der Waals surface area (Å²) in [5, 5.41) is 15.5. The van der Waals surface area contributed by atoms with Gasteiger partial charge >= 0.3 is 18.1 Å². The number of thiol groups is 1. The minimum atomic E-state index is -5.08. The third kappa shape index (κ3) is 9.98. The number of fused-ring (bicyclic) bond motifs is 1. The molecular weight excluding hydrogens is 559 g/mol. The largest absolute Gasteiger partial charge is 0.490 e. The van der Waals surface area contributed by atoms with Gasteiger partial charge in [-0.1, -0.05) is 56.3 Å². The number of carboxylic acids is 1. The summed E-state index contributed by atoms with van der Waals surface area (Å²) in [5.74, 6) is -2.75. The molecule has 222 valence electrons. The van der Waals surface area contributed by atoms with Gasteiger partial charge in [0.15, 0.2) is 0 Å². The molecular formula is C29H34F3N3O5S. The molecule has 0 spiro atoms. The Balaban J connectivity index is 0.000000745. The highest BCUT2D eigenvalue weighted by Gasteiger charge is 2.38. The first-order valence-corrected chi connectivity index (χ1v) is 13.3. The number of esters is 1. The smallest absolute Gasteiger partial charge is 0.475 e. The van der Waals surface area contributed by atoms with Crippen LogP contribution in [0.5, 0.6) is 0 Å². The third-order valence-electron chi connectivity index (χ3n) is 5.89. The molecule has 0 fully saturated rings. The van der Waals surface area contributed by atoms with E-state index in [1.165, 1.54) is 7.11 Å². The minimum Gasteiger partial charge on any atom is -0.475 e. The molecule has 0 heterocycles. The predicted molar refractivity (Wildman–Crippen MR) is 156 cm³/mol. The maximum Gasteiger partial charge on any atom is 0.490 e. The van der Waals surface area contributed by atoms with E-state index < -0.39 is 24.2 Å². The number of methoxy groups -OCH3 is 1. The van der Waals surface area contributed by atoms with Gasteiger partial charge in [0.2, 0.25) is 0 Å². The molecule has 1 unspecified atom stereocenters. The van der Waals surface area contributed by atoms with Crippen LogP contribution in [0.4, 0.5) is 18.9 Å². The van der Waals surface area contributed by atoms with Crippen LogP contribution in [0.1, 0.15) is 30.6 Å². The summed E-state index contributed by atoms with van der Waals surface area (Å²) in [5.41, 5.74) is 9.05. The molecule has 0 aromatic heterocycles. The van der Waals surface area contributed by atoms with Gasteiger partial charge in [0, 0.05) is 29.6 Å². The maximum atomic E-state index is 13.4. The number of nitrogens with two attached hydrogens (primary N) is 1. The lowest BCUT2D eigenvalue weighted by Crippen LogP contribution is -2.42. The van der Waals surface area contributed by atoms with Crippen molar-refractivity contribution in [2.45, 2.75) is 38.5 Å². The highest BCUT2D eigenvalue weighted by Crippen LogP contribution is 2.33. The second kappa shape index (κ2) is 15.3. The zero-order valence-corrected chi connectivity index (χ0v) is 23.8. The Bertz CT molecular complexity index is 1350. The van der Waals surface area contributed by atoms with E-state index in [-0.39, 0.29) is 17.9 Å². The second-order valence-corrected chi connectivity index (χ2v) is 9.96. The molecule has 3 aromatic carbocycles. The summed E-state index contributed by atoms with van der Waals surface area (Å²) in [7, 11) is 1.33. The van der Waals surface area contributed by atoms with Crippen molar-refractivity contribution >= 4 is 46.9 Å². The van der Waals surface area contributed by atoms with Crippen LogP contribution in [-0.2, 0) is 14.3 Å². The molecule has 0 radical (unpaired) electrons. The van der Waals surface area contributed by atoms with E-state index in [2.05, 4.69) is 23.3 Å². The Morgan fingerprint density at radius 2 is 1.66 bits per heavy atom. The maximum absolute atomic E-state index is 13.4. The average Bonchev–Trinajstić information content (AvgIpc) is 2.94. The number of halogens is 3. The number of anilines is 1. The summed E-state index contributed by atoms with van der Waals surface area (Å²) < 4.78 is 36.7. The van der Waals surface area contributed by atoms with Crippen molar-refractivity contribution < 1.29 is 37.4 Å². The van der Waals surface area contributed by atoms with Crippen LogP contribution in [0.15, 0.2) is 60.7 Å². The van der Waals surface area contributed by atoms with Gasteiger partial charge in [0.1, 0.15) is 6.04 Å². The molecule has 41 heavy (non-hydrogen) atoms. The zero-order valence-electron chi connectivity index (χ0n) is 22.9. The molecule has 0 aliphatic heterocycles. The zero-order chi connectivity index (χ0) is 30.7. The van der Waals surface area contributed by atoms with Gasteiger partial charge in [-0.05, 0) is 52.4 Å². The van der Waals surface area contributed by atoms with E-state index in [9.17, 15) is 22.8 Å². The van der Waals surface area contributed by atoms with Crippen LogP contribution in [0.3, 0.4) is 0 Å². The van der Waals surface area contributed by atoms with Gasteiger partial charge in [-0.2, -0.15) is 25.8 Å². The molecule has 0 aliphatic rings. The number of aliphatic carboxylic acids is 1. The first kappa shape index (κ1) is 33.4. The first-order valence-electron chi connectivity index (χ1n) is 12.7. The van der Waals surface area contributed by atoms with Crippen molar-refractivity contribution in [1.29, 1.82) is 0 Å². The third-order valence-corrected chi connectivity index (χ3v) is 6.36. The van der Waals surface area contributed by atoms with E-state index in [1.807, 2.05) is 68.4 Å². The fourth-order valence-electron chi connectivity index (χ4n) is 3.91. The number of rotatable bonds is 10. The van der Waals surface area contributed by atoms with E-state index >= 15 is 0 Å². The number of carboxylic acid groups (broad SMARTS) is 1. The molecule has 3 rings (SSSR count). The Labute approximate surface area is 241 Å². The van der Waals surface area contributed by atoms with Gasteiger partial charge in [-0.15, -0.1) is 0 Å². The summed E-state index contributed by atoms with van der Waals surface area (Å²) in [6, 6.07) is 18.9. The number of amides is 1. The number of nitrogens with one attached hydrogen (secondary N) is 2. The Morgan fingerprint density at radius 3 is 2.24 bits per heavy atom. The van der Waals surface area contributed by atoms with Gasteiger partial charge in [0.05, 0.1) is 7.11 Å². The Hall–Kier alpha value is -3.77. The fraction of sp³-hybridized carbons (Fsp3) is 0.345. The standard InChI is InChI=1S/C27H33N3O3S.C2HF3O2/c1-17(2)13-25(27(32)33-3)30-26(31)23-12-11-20(29-15-19(28)16-34)14-24(23)22-10-6-8-18-7-4-5-9-21(18)22;3-2(4,5)1(6)7/h4-12,14,17,19,25,29,34H,13,15-16,28H2,1-3H3,(H,30,31);(H,6,7)/t19-,25?;/m1./s1. The molecule has 12 heteroatoms. The van der Waals surface area contributed by atoms with Crippen LogP contribution in [0.2, 0.25) is 0 Å². The topological polar surface area (TPSA) is 131 Å². The van der Waals surface area contributed by atoms with E-state index in [1.54, 1.807) is 6.07 Å². The van der Waals surface area contributed by atoms with Crippen LogP contribution >= 0.6 is 12.6 Å². The summed E-state index contributed by atoms with van der Waals surface area (Å²) >= 11 is 4.25. The van der Waals surface area contributed by atoms with Gasteiger partial charge in [-0.3, -0.25) is 4.79 Å². The van der Waals surface area contributed by atoms with Gasteiger partial charge < -0.3 is 26.2 Å². The van der Waals surface area contributed by atoms with E-state index in [4.69, 9.17) is 20.4 Å². The molecule has 1 amide bonds. The molecule has 0 aliphatic carbocycles. The average molecular weight is 594 g/mol. The molecule has 2 atom stereocenters. The quantitative estimate of drug-likeness (QED) is 0.163. The highest BCUT2D eigenvalue weighted by atomic mass is 32.1. The van der Waals surface area contributed by atoms with E-state index in [0.29, 0.717) is 24.3 Å². The van der Waals surface area contributed by atoms with Crippen LogP contribution in [-0.4, -0.2) is 60.6 Å². The van der Waals surface area contributed by atoms with Crippen LogP contribution in [0.25, 0.3) is 21.9 Å². The lowest BCUT2D eigenvalue weighted by Gasteiger charge is -2.20. The summed E-state index contributed by atoms with van der Waals surface area (Å²) in [6.07, 6.45) is -4.59. The monoisotopic (exact) mass is 593 g/mol. The van der Waals surface area contributed by atoms with Crippen LogP contribution < -0.4 is 16.4 Å². The van der Waals surface area contributed by atoms with Crippen molar-refractivity contribution in [3.63, 3.8) is 0 Å². The Kier molecular flexibility index (Phi) is 12.5. The first-order chi connectivity index (χ1) is 19.3. The molecule has 0 bridgehead atoms. The van der Waals surface area contributed by atoms with E-state index in [0.717, 1.165) is 27.6 Å². The van der Waals surface area contributed by atoms with Crippen molar-refractivity contribution in [1.82, 2.24) is 5.32 Å². The number of hydrogen-bond donors (Lipinski definition) is 5. The number of ether oxygens (including phenoxy) is 1. The van der Waals surface area contributed by atoms with Crippen molar-refractivity contribution in [3.8, 4) is 11.1 Å². The number of benzene rings is 3. The second-order valence-electron chi connectivity index (χ2n) is 9.59. The number of carbonyl (C=O) groups excluding carboxylic acids is 2. The number of hydrogen-bond acceptors (Lipinski definition) is 7. The molecule has 0 saturated carbocycles. The lowest BCUT2D eigenvalue weighted by atomic mass is 9.93. The fourth-order valence-corrected chi connectivity index (χ4v) is 4.04. The normalized spacial score (nSPS) is 12.6. The number of carbonyl (C=O) groups is 3. The van der Waals surface area contributed by atoms with Crippen molar-refractivity contribution in [2.24, 2.45) is 11.7 Å². The summed E-state index contributed by atoms with van der Waals surface area (Å²) in [6.45, 7) is 4.56.